The molecule has 0 saturated heterocycles. The molecule has 16 heavy (non-hydrogen) atoms. The number of rotatable bonds is 6. The van der Waals surface area contributed by atoms with Gasteiger partial charge in [0.25, 0.3) is 0 Å². The zero-order valence-electron chi connectivity index (χ0n) is 10.8. The number of aliphatic carboxylic acids is 1. The monoisotopic (exact) mass is 314 g/mol. The number of carboxylic acid groups (broad SMARTS) is 1. The maximum absolute atomic E-state index is 10.2. The van der Waals surface area contributed by atoms with Gasteiger partial charge in [0, 0.05) is 6.42 Å². The van der Waals surface area contributed by atoms with Gasteiger partial charge in [0.2, 0.25) is 0 Å². The molecule has 1 rings (SSSR count). The first-order valence-electron chi connectivity index (χ1n) is 5.05. The number of hydrogen-bond acceptors (Lipinski definition) is 1. The van der Waals surface area contributed by atoms with Gasteiger partial charge in [-0.25, -0.2) is 0 Å². The molecule has 0 heterocycles. The number of carbonyl (C=O) groups is 1. The Morgan fingerprint density at radius 3 is 2.31 bits per heavy atom. The predicted molar refractivity (Wildman–Crippen MR) is 65.9 cm³/mol. The average molecular weight is 313 g/mol. The van der Waals surface area contributed by atoms with Gasteiger partial charge in [0.1, 0.15) is 0 Å². The van der Waals surface area contributed by atoms with E-state index in [1.54, 1.807) is 0 Å². The topological polar surface area (TPSA) is 37.3 Å². The molecule has 0 bridgehead atoms. The van der Waals surface area contributed by atoms with Crippen molar-refractivity contribution in [2.75, 3.05) is 0 Å². The second-order valence-corrected chi connectivity index (χ2v) is 3.44. The fourth-order valence-corrected chi connectivity index (χ4v) is 1.43. The first kappa shape index (κ1) is 19.2. The van der Waals surface area contributed by atoms with E-state index in [2.05, 4.69) is 12.1 Å². The Labute approximate surface area is 152 Å². The fourth-order valence-electron chi connectivity index (χ4n) is 1.43. The molecule has 0 saturated carbocycles. The van der Waals surface area contributed by atoms with Crippen molar-refractivity contribution in [2.45, 2.75) is 32.1 Å². The third-order valence-electron chi connectivity index (χ3n) is 2.20. The van der Waals surface area contributed by atoms with Crippen LogP contribution in [0, 0.1) is 0 Å². The van der Waals surface area contributed by atoms with Crippen LogP contribution in [0.5, 0.6) is 0 Å². The van der Waals surface area contributed by atoms with Crippen molar-refractivity contribution in [3.63, 3.8) is 0 Å². The van der Waals surface area contributed by atoms with Crippen LogP contribution in [0.2, 0.25) is 0 Å². The summed E-state index contributed by atoms with van der Waals surface area (Å²) in [7, 11) is 0. The Morgan fingerprint density at radius 1 is 1.12 bits per heavy atom. The standard InChI is InChI=1S/C12H16O2.K.H2Se.H/c13-12(14)10-6-2-5-9-11-7-3-1-4-8-11;;;/h1,3-4,7-8H,2,5-6,9-10H2,(H,13,14);;1H2;/q;+1;;-1. The summed E-state index contributed by atoms with van der Waals surface area (Å²) in [6.45, 7) is 0. The number of benzene rings is 1. The summed E-state index contributed by atoms with van der Waals surface area (Å²) in [5.74, 6) is -0.690. The number of unbranched alkanes of at least 4 members (excludes halogenated alkanes) is 2. The van der Waals surface area contributed by atoms with Crippen LogP contribution in [0.15, 0.2) is 30.3 Å². The molecule has 2 nitrogen and oxygen atoms in total. The van der Waals surface area contributed by atoms with Crippen molar-refractivity contribution >= 4 is 23.0 Å². The van der Waals surface area contributed by atoms with Gasteiger partial charge >= 0.3 is 74.4 Å². The molecule has 1 aromatic rings. The molecular weight excluding hydrogens is 294 g/mol. The first-order chi connectivity index (χ1) is 6.79. The van der Waals surface area contributed by atoms with E-state index >= 15 is 0 Å². The maximum atomic E-state index is 10.2. The average Bonchev–Trinajstić information content (AvgIpc) is 2.18. The molecule has 1 aromatic carbocycles. The van der Waals surface area contributed by atoms with Crippen LogP contribution in [0.1, 0.15) is 32.7 Å². The van der Waals surface area contributed by atoms with Gasteiger partial charge in [0.05, 0.1) is 0 Å². The Bertz CT molecular complexity index is 283. The molecule has 0 unspecified atom stereocenters. The van der Waals surface area contributed by atoms with Crippen molar-refractivity contribution in [2.24, 2.45) is 0 Å². The SMILES string of the molecule is O=C(O)CCCCCc1ccccc1.[H-].[K+].[SeH2]. The molecule has 0 aliphatic carbocycles. The molecule has 4 heteroatoms. The molecule has 0 radical (unpaired) electrons. The fraction of sp³-hybridized carbons (Fsp3) is 0.417. The molecule has 0 fully saturated rings. The molecule has 0 spiro atoms. The molecule has 0 aromatic heterocycles. The third kappa shape index (κ3) is 10.0. The van der Waals surface area contributed by atoms with Crippen molar-refractivity contribution < 1.29 is 62.7 Å². The van der Waals surface area contributed by atoms with Crippen LogP contribution in [0.25, 0.3) is 0 Å². The summed E-state index contributed by atoms with van der Waals surface area (Å²) in [5, 5.41) is 8.43. The van der Waals surface area contributed by atoms with Crippen LogP contribution >= 0.6 is 0 Å². The van der Waals surface area contributed by atoms with Crippen LogP contribution in [-0.4, -0.2) is 28.1 Å². The Kier molecular flexibility index (Phi) is 14.8. The summed E-state index contributed by atoms with van der Waals surface area (Å²) in [6.07, 6.45) is 4.23. The number of aryl methyl sites for hydroxylation is 1. The summed E-state index contributed by atoms with van der Waals surface area (Å²) in [4.78, 5) is 10.2. The zero-order chi connectivity index (χ0) is 10.2. The van der Waals surface area contributed by atoms with Crippen molar-refractivity contribution in [1.82, 2.24) is 0 Å². The van der Waals surface area contributed by atoms with E-state index in [1.807, 2.05) is 18.2 Å². The number of carboxylic acids is 1. The molecular formula is C12H19KO2Se. The van der Waals surface area contributed by atoms with E-state index in [1.165, 1.54) is 5.56 Å². The van der Waals surface area contributed by atoms with Crippen LogP contribution < -0.4 is 51.4 Å². The first-order valence-corrected chi connectivity index (χ1v) is 5.05. The zero-order valence-corrected chi connectivity index (χ0v) is 15.0. The van der Waals surface area contributed by atoms with Crippen LogP contribution in [-0.2, 0) is 11.2 Å². The molecule has 86 valence electrons. The van der Waals surface area contributed by atoms with E-state index in [-0.39, 0.29) is 69.9 Å². The Balaban J connectivity index is -0.000000653. The molecule has 0 aliphatic heterocycles. The normalized spacial score (nSPS) is 8.75. The Morgan fingerprint density at radius 2 is 1.75 bits per heavy atom. The molecule has 0 amide bonds. The van der Waals surface area contributed by atoms with E-state index in [0.29, 0.717) is 6.42 Å². The van der Waals surface area contributed by atoms with Gasteiger partial charge < -0.3 is 6.53 Å². The van der Waals surface area contributed by atoms with Gasteiger partial charge in [-0.3, -0.25) is 4.79 Å². The van der Waals surface area contributed by atoms with Crippen molar-refractivity contribution in [1.29, 1.82) is 0 Å². The van der Waals surface area contributed by atoms with Gasteiger partial charge in [0.15, 0.2) is 0 Å². The van der Waals surface area contributed by atoms with Gasteiger partial charge in [-0.2, -0.15) is 0 Å². The summed E-state index contributed by atoms with van der Waals surface area (Å²) in [6, 6.07) is 10.3. The van der Waals surface area contributed by atoms with Crippen LogP contribution in [0.4, 0.5) is 0 Å². The van der Waals surface area contributed by atoms with Gasteiger partial charge in [-0.15, -0.1) is 0 Å². The summed E-state index contributed by atoms with van der Waals surface area (Å²) < 4.78 is 0. The quantitative estimate of drug-likeness (QED) is 0.545. The molecule has 1 N–H and O–H groups in total. The van der Waals surface area contributed by atoms with E-state index < -0.39 is 5.97 Å². The molecule has 0 aliphatic rings. The minimum absolute atomic E-state index is 0. The van der Waals surface area contributed by atoms with E-state index in [0.717, 1.165) is 25.7 Å². The van der Waals surface area contributed by atoms with Crippen molar-refractivity contribution in [3.8, 4) is 0 Å². The summed E-state index contributed by atoms with van der Waals surface area (Å²) in [5.41, 5.74) is 1.34. The van der Waals surface area contributed by atoms with E-state index in [4.69, 9.17) is 5.11 Å². The third-order valence-corrected chi connectivity index (χ3v) is 2.20. The number of hydrogen-bond donors (Lipinski definition) is 1. The van der Waals surface area contributed by atoms with Gasteiger partial charge in [-0.05, 0) is 24.8 Å². The molecule has 0 atom stereocenters. The van der Waals surface area contributed by atoms with Crippen molar-refractivity contribution in [3.05, 3.63) is 35.9 Å². The van der Waals surface area contributed by atoms with Gasteiger partial charge in [-0.1, -0.05) is 36.8 Å². The Hall–Kier alpha value is 0.846. The van der Waals surface area contributed by atoms with E-state index in [9.17, 15) is 4.79 Å². The second kappa shape index (κ2) is 12.3. The van der Waals surface area contributed by atoms with Crippen LogP contribution in [0.3, 0.4) is 0 Å². The second-order valence-electron chi connectivity index (χ2n) is 3.44. The minimum atomic E-state index is -0.690. The summed E-state index contributed by atoms with van der Waals surface area (Å²) >= 11 is 0. The predicted octanol–water partition coefficient (Wildman–Crippen LogP) is -0.926.